The van der Waals surface area contributed by atoms with Crippen LogP contribution in [0.2, 0.25) is 0 Å². The lowest BCUT2D eigenvalue weighted by Gasteiger charge is -2.05. The molecule has 3 aromatic carbocycles. The van der Waals surface area contributed by atoms with Gasteiger partial charge in [-0.3, -0.25) is 5.41 Å². The van der Waals surface area contributed by atoms with Gasteiger partial charge in [0.25, 0.3) is 0 Å². The zero-order valence-electron chi connectivity index (χ0n) is 15.6. The van der Waals surface area contributed by atoms with E-state index in [0.717, 1.165) is 22.5 Å². The molecule has 1 aromatic heterocycles. The van der Waals surface area contributed by atoms with Crippen LogP contribution in [-0.2, 0) is 5.75 Å². The molecule has 146 valence electrons. The minimum Gasteiger partial charge on any atom is -1.00 e. The highest BCUT2D eigenvalue weighted by Gasteiger charge is 2.13. The van der Waals surface area contributed by atoms with Crippen molar-refractivity contribution in [3.8, 4) is 28.1 Å². The molecule has 3 N–H and O–H groups in total. The van der Waals surface area contributed by atoms with Crippen LogP contribution in [0.25, 0.3) is 28.1 Å². The molecule has 29 heavy (non-hydrogen) atoms. The number of aromatic nitrogens is 2. The third-order valence-corrected chi connectivity index (χ3v) is 5.23. The highest BCUT2D eigenvalue weighted by Crippen LogP contribution is 2.29. The lowest BCUT2D eigenvalue weighted by molar-refractivity contribution is -0.00000582. The average molecular weight is 420 g/mol. The predicted octanol–water partition coefficient (Wildman–Crippen LogP) is 2.34. The Morgan fingerprint density at radius 1 is 0.828 bits per heavy atom. The first kappa shape index (κ1) is 20.7. The molecule has 4 rings (SSSR count). The number of nitrogens with zero attached hydrogens (tertiary/aromatic N) is 2. The van der Waals surface area contributed by atoms with Crippen molar-refractivity contribution in [1.29, 1.82) is 5.41 Å². The molecule has 0 radical (unpaired) electrons. The second-order valence-corrected chi connectivity index (χ2v) is 7.40. The molecular weight excluding hydrogens is 400 g/mol. The Bertz CT molecular complexity index is 1080. The number of thioether (sulfide) groups is 1. The van der Waals surface area contributed by atoms with E-state index in [1.165, 1.54) is 22.9 Å². The van der Waals surface area contributed by atoms with Gasteiger partial charge < -0.3 is 18.1 Å². The van der Waals surface area contributed by atoms with E-state index in [2.05, 4.69) is 36.4 Å². The van der Waals surface area contributed by atoms with Gasteiger partial charge in [-0.05, 0) is 23.3 Å². The summed E-state index contributed by atoms with van der Waals surface area (Å²) >= 11 is 1.31. The molecule has 6 heteroatoms. The number of para-hydroxylation sites is 1. The summed E-state index contributed by atoms with van der Waals surface area (Å²) in [6.45, 7) is 0. The Balaban J connectivity index is 0.00000240. The Kier molecular flexibility index (Phi) is 6.75. The first-order valence-corrected chi connectivity index (χ1v) is 9.96. The summed E-state index contributed by atoms with van der Waals surface area (Å²) in [5.74, 6) is 0.609. The summed E-state index contributed by atoms with van der Waals surface area (Å²) in [4.78, 5) is 0. The van der Waals surface area contributed by atoms with Crippen LogP contribution in [-0.4, -0.2) is 14.9 Å². The maximum atomic E-state index is 7.53. The lowest BCUT2D eigenvalue weighted by Crippen LogP contribution is -3.00. The summed E-state index contributed by atoms with van der Waals surface area (Å²) in [6.07, 6.45) is 2.02. The van der Waals surface area contributed by atoms with Crippen molar-refractivity contribution in [3.63, 3.8) is 0 Å². The van der Waals surface area contributed by atoms with Crippen molar-refractivity contribution in [2.24, 2.45) is 5.73 Å². The van der Waals surface area contributed by atoms with Crippen LogP contribution in [0.15, 0.2) is 91.1 Å². The van der Waals surface area contributed by atoms with Gasteiger partial charge >= 0.3 is 0 Å². The number of nitrogens with two attached hydrogens (primary N) is 1. The Morgan fingerprint density at radius 3 is 2.00 bits per heavy atom. The number of nitrogens with one attached hydrogen (secondary N) is 1. The molecule has 0 aliphatic carbocycles. The molecule has 0 atom stereocenters. The Labute approximate surface area is 180 Å². The summed E-state index contributed by atoms with van der Waals surface area (Å²) in [6, 6.07) is 28.8. The smallest absolute Gasteiger partial charge is 0.151 e. The van der Waals surface area contributed by atoms with Crippen LogP contribution in [0.5, 0.6) is 0 Å². The summed E-state index contributed by atoms with van der Waals surface area (Å²) in [7, 11) is 0. The summed E-state index contributed by atoms with van der Waals surface area (Å²) in [5.41, 5.74) is 11.9. The van der Waals surface area contributed by atoms with Crippen molar-refractivity contribution in [1.82, 2.24) is 9.78 Å². The van der Waals surface area contributed by atoms with Gasteiger partial charge in [-0.25, -0.2) is 4.68 Å². The molecule has 1 heterocycles. The maximum absolute atomic E-state index is 7.53. The van der Waals surface area contributed by atoms with E-state index in [9.17, 15) is 0 Å². The molecule has 0 fully saturated rings. The predicted molar refractivity (Wildman–Crippen MR) is 118 cm³/mol. The molecule has 0 saturated carbocycles. The van der Waals surface area contributed by atoms with E-state index in [-0.39, 0.29) is 17.6 Å². The van der Waals surface area contributed by atoms with Crippen molar-refractivity contribution < 1.29 is 12.4 Å². The first-order chi connectivity index (χ1) is 13.7. The second-order valence-electron chi connectivity index (χ2n) is 6.38. The number of hydrogen-bond acceptors (Lipinski definition) is 3. The first-order valence-electron chi connectivity index (χ1n) is 8.97. The third-order valence-electron chi connectivity index (χ3n) is 4.46. The maximum Gasteiger partial charge on any atom is 0.151 e. The van der Waals surface area contributed by atoms with E-state index >= 15 is 0 Å². The van der Waals surface area contributed by atoms with Crippen LogP contribution in [0.4, 0.5) is 0 Å². The molecule has 0 aliphatic rings. The van der Waals surface area contributed by atoms with E-state index in [4.69, 9.17) is 16.2 Å². The fourth-order valence-corrected chi connectivity index (χ4v) is 3.60. The van der Waals surface area contributed by atoms with Gasteiger partial charge in [-0.15, -0.1) is 0 Å². The van der Waals surface area contributed by atoms with Gasteiger partial charge in [-0.2, -0.15) is 5.10 Å². The number of rotatable bonds is 5. The van der Waals surface area contributed by atoms with Crippen LogP contribution < -0.4 is 18.1 Å². The highest BCUT2D eigenvalue weighted by molar-refractivity contribution is 8.13. The molecule has 0 aliphatic heterocycles. The van der Waals surface area contributed by atoms with Gasteiger partial charge in [0, 0.05) is 23.1 Å². The van der Waals surface area contributed by atoms with E-state index in [1.54, 1.807) is 0 Å². The summed E-state index contributed by atoms with van der Waals surface area (Å²) < 4.78 is 1.89. The Hall–Kier alpha value is -3.02. The normalized spacial score (nSPS) is 10.3. The number of benzene rings is 3. The van der Waals surface area contributed by atoms with Crippen molar-refractivity contribution >= 4 is 16.9 Å². The van der Waals surface area contributed by atoms with Crippen LogP contribution in [0.1, 0.15) is 5.56 Å². The van der Waals surface area contributed by atoms with Gasteiger partial charge in [0.05, 0.1) is 11.4 Å². The number of hydrogen-bond donors (Lipinski definition) is 2. The van der Waals surface area contributed by atoms with Crippen LogP contribution in [0, 0.1) is 5.41 Å². The van der Waals surface area contributed by atoms with E-state index < -0.39 is 0 Å². The quantitative estimate of drug-likeness (QED) is 0.385. The Morgan fingerprint density at radius 2 is 1.38 bits per heavy atom. The van der Waals surface area contributed by atoms with Crippen molar-refractivity contribution in [2.45, 2.75) is 5.75 Å². The van der Waals surface area contributed by atoms with Gasteiger partial charge in [-0.1, -0.05) is 84.6 Å². The molecule has 4 nitrogen and oxygen atoms in total. The van der Waals surface area contributed by atoms with Crippen LogP contribution in [0.3, 0.4) is 0 Å². The minimum atomic E-state index is 0. The second kappa shape index (κ2) is 9.45. The molecule has 0 amide bonds. The zero-order chi connectivity index (χ0) is 19.3. The largest absolute Gasteiger partial charge is 1.00 e. The third kappa shape index (κ3) is 4.88. The number of amidine groups is 1. The molecular formula is C23H20ClN4S-. The van der Waals surface area contributed by atoms with Crippen LogP contribution >= 0.6 is 11.8 Å². The van der Waals surface area contributed by atoms with Crippen molar-refractivity contribution in [2.75, 3.05) is 0 Å². The lowest BCUT2D eigenvalue weighted by atomic mass is 10.0. The van der Waals surface area contributed by atoms with Gasteiger partial charge in [0.2, 0.25) is 0 Å². The highest BCUT2D eigenvalue weighted by atomic mass is 35.5. The molecule has 0 bridgehead atoms. The molecule has 4 aromatic rings. The summed E-state index contributed by atoms with van der Waals surface area (Å²) in [5, 5.41) is 12.5. The fraction of sp³-hybridized carbons (Fsp3) is 0.0435. The minimum absolute atomic E-state index is 0. The van der Waals surface area contributed by atoms with E-state index in [0.29, 0.717) is 5.75 Å². The van der Waals surface area contributed by atoms with Crippen molar-refractivity contribution in [3.05, 3.63) is 96.7 Å². The standard InChI is InChI=1S/C23H20N4S.ClH/c24-23(25)28-16-20-15-27(21-9-5-2-6-10-21)26-22(20)19-13-11-18(12-14-19)17-7-3-1-4-8-17;/h1-15H,16H2,(H3,24,25);1H/p-1. The topological polar surface area (TPSA) is 67.7 Å². The van der Waals surface area contributed by atoms with E-state index in [1.807, 2.05) is 59.4 Å². The van der Waals surface area contributed by atoms with Gasteiger partial charge in [0.1, 0.15) is 0 Å². The fourth-order valence-electron chi connectivity index (χ4n) is 3.08. The molecule has 0 saturated heterocycles. The average Bonchev–Trinajstić information content (AvgIpc) is 3.18. The molecule has 0 unspecified atom stereocenters. The molecule has 0 spiro atoms. The monoisotopic (exact) mass is 419 g/mol. The number of halogens is 1. The van der Waals surface area contributed by atoms with Gasteiger partial charge in [0.15, 0.2) is 5.17 Å². The SMILES string of the molecule is N=C(N)SCc1cn(-c2ccccc2)nc1-c1ccc(-c2ccccc2)cc1.[Cl-]. The zero-order valence-corrected chi connectivity index (χ0v) is 17.2.